The van der Waals surface area contributed by atoms with E-state index in [0.29, 0.717) is 24.7 Å². The van der Waals surface area contributed by atoms with Crippen molar-refractivity contribution in [2.75, 3.05) is 30.3 Å². The average molecular weight is 544 g/mol. The molecule has 4 N–H and O–H groups in total. The van der Waals surface area contributed by atoms with Crippen molar-refractivity contribution >= 4 is 69.5 Å². The van der Waals surface area contributed by atoms with Crippen molar-refractivity contribution in [2.45, 2.75) is 13.5 Å². The molecule has 3 aromatic rings. The van der Waals surface area contributed by atoms with E-state index in [0.717, 1.165) is 16.9 Å². The number of phenolic OH excluding ortho intramolecular Hbond substituents is 1. The van der Waals surface area contributed by atoms with E-state index in [4.69, 9.17) is 34.8 Å². The number of hydrogen-bond donors (Lipinski definition) is 4. The number of halogens is 3. The van der Waals surface area contributed by atoms with Crippen LogP contribution in [0.1, 0.15) is 32.5 Å². The summed E-state index contributed by atoms with van der Waals surface area (Å²) in [5.74, 6) is -1.41. The number of nitrogens with zero attached hydrogens (tertiary/aromatic N) is 2. The number of likely N-dealkylation sites (N-methyl/N-ethyl adjacent to an activating group) is 1. The number of aliphatic hydroxyl groups excluding tert-OH is 1. The summed E-state index contributed by atoms with van der Waals surface area (Å²) in [6.45, 7) is 3.61. The van der Waals surface area contributed by atoms with Crippen molar-refractivity contribution in [3.63, 3.8) is 0 Å². The summed E-state index contributed by atoms with van der Waals surface area (Å²) in [7, 11) is 0. The molecule has 8 nitrogen and oxygen atoms in total. The number of aromatic nitrogens is 1. The third-order valence-corrected chi connectivity index (χ3v) is 6.81. The molecule has 2 amide bonds. The summed E-state index contributed by atoms with van der Waals surface area (Å²) in [6, 6.07) is 5.59. The van der Waals surface area contributed by atoms with Gasteiger partial charge in [-0.15, -0.1) is 11.3 Å². The lowest BCUT2D eigenvalue weighted by atomic mass is 10.1. The highest BCUT2D eigenvalue weighted by molar-refractivity contribution is 7.13. The number of carbonyl (C=O) groups is 2. The predicted molar refractivity (Wildman–Crippen MR) is 136 cm³/mol. The number of carbonyl (C=O) groups excluding carboxylic acids is 2. The molecule has 0 aliphatic carbocycles. The number of nitrogens with one attached hydrogen (secondary N) is 2. The Labute approximate surface area is 215 Å². The molecule has 0 radical (unpaired) electrons. The zero-order valence-electron chi connectivity index (χ0n) is 17.9. The van der Waals surface area contributed by atoms with E-state index in [9.17, 15) is 19.8 Å². The molecule has 0 atom stereocenters. The van der Waals surface area contributed by atoms with Gasteiger partial charge in [-0.25, -0.2) is 4.98 Å². The number of aromatic hydroxyl groups is 1. The highest BCUT2D eigenvalue weighted by Crippen LogP contribution is 2.35. The Balaban J connectivity index is 1.84. The number of benzene rings is 1. The lowest BCUT2D eigenvalue weighted by Gasteiger charge is -2.18. The minimum Gasteiger partial charge on any atom is -0.506 e. The van der Waals surface area contributed by atoms with Crippen LogP contribution in [0.2, 0.25) is 15.1 Å². The number of pyridine rings is 1. The molecule has 2 aromatic heterocycles. The second-order valence-corrected chi connectivity index (χ2v) is 9.24. The predicted octanol–water partition coefficient (Wildman–Crippen LogP) is 5.13. The lowest BCUT2D eigenvalue weighted by molar-refractivity contribution is 0.102. The third-order valence-electron chi connectivity index (χ3n) is 4.80. The maximum Gasteiger partial charge on any atom is 0.267 e. The molecule has 3 rings (SSSR count). The van der Waals surface area contributed by atoms with Gasteiger partial charge in [-0.05, 0) is 35.7 Å². The van der Waals surface area contributed by atoms with E-state index >= 15 is 0 Å². The largest absolute Gasteiger partial charge is 0.506 e. The van der Waals surface area contributed by atoms with Crippen LogP contribution in [-0.4, -0.2) is 51.6 Å². The van der Waals surface area contributed by atoms with E-state index in [1.807, 2.05) is 11.8 Å². The van der Waals surface area contributed by atoms with Crippen LogP contribution in [0.3, 0.4) is 0 Å². The summed E-state index contributed by atoms with van der Waals surface area (Å²) in [5.41, 5.74) is 0.546. The van der Waals surface area contributed by atoms with Crippen LogP contribution in [0.25, 0.3) is 0 Å². The van der Waals surface area contributed by atoms with Crippen LogP contribution in [0, 0.1) is 0 Å². The molecule has 12 heteroatoms. The Morgan fingerprint density at radius 2 is 1.88 bits per heavy atom. The molecule has 0 unspecified atom stereocenters. The van der Waals surface area contributed by atoms with Gasteiger partial charge in [-0.1, -0.05) is 41.7 Å². The molecular weight excluding hydrogens is 523 g/mol. The molecule has 34 heavy (non-hydrogen) atoms. The number of anilines is 2. The topological polar surface area (TPSA) is 115 Å². The number of amides is 2. The van der Waals surface area contributed by atoms with E-state index in [2.05, 4.69) is 15.6 Å². The van der Waals surface area contributed by atoms with E-state index in [1.54, 1.807) is 11.4 Å². The summed E-state index contributed by atoms with van der Waals surface area (Å²) in [6.07, 6.45) is 1.37. The Hall–Kier alpha value is -2.40. The fourth-order valence-corrected chi connectivity index (χ4v) is 4.64. The van der Waals surface area contributed by atoms with Gasteiger partial charge in [0.05, 0.1) is 27.9 Å². The number of aliphatic hydroxyl groups is 1. The van der Waals surface area contributed by atoms with Crippen molar-refractivity contribution < 1.29 is 19.8 Å². The molecule has 0 spiro atoms. The fourth-order valence-electron chi connectivity index (χ4n) is 3.08. The SMILES string of the molecule is CCN(CCO)Cc1csc(C(=O)Nc2c(O)cc(Cl)cc2C(=O)Nc2ccc(Cl)cn2)c1Cl. The van der Waals surface area contributed by atoms with Crippen LogP contribution < -0.4 is 10.6 Å². The summed E-state index contributed by atoms with van der Waals surface area (Å²) in [5, 5.41) is 27.3. The first-order valence-electron chi connectivity index (χ1n) is 10.1. The molecule has 0 saturated carbocycles. The monoisotopic (exact) mass is 542 g/mol. The molecule has 0 aliphatic rings. The molecular formula is C22H21Cl3N4O4S. The standard InChI is InChI=1S/C22H21Cl3N4O4S/c1-2-29(5-6-30)10-12-11-34-20(18(12)25)22(33)28-19-15(7-14(24)8-16(19)31)21(32)27-17-4-3-13(23)9-26-17/h3-4,7-9,11,30-31H,2,5-6,10H2,1H3,(H,28,33)(H,26,27,32). The Morgan fingerprint density at radius 3 is 2.53 bits per heavy atom. The van der Waals surface area contributed by atoms with Crippen molar-refractivity contribution in [3.05, 3.63) is 66.9 Å². The van der Waals surface area contributed by atoms with Gasteiger partial charge in [0.15, 0.2) is 0 Å². The summed E-state index contributed by atoms with van der Waals surface area (Å²) >= 11 is 19.4. The summed E-state index contributed by atoms with van der Waals surface area (Å²) in [4.78, 5) is 32.1. The van der Waals surface area contributed by atoms with Gasteiger partial charge in [0.1, 0.15) is 16.4 Å². The zero-order chi connectivity index (χ0) is 24.8. The molecule has 0 aliphatic heterocycles. The Morgan fingerprint density at radius 1 is 1.12 bits per heavy atom. The second-order valence-electron chi connectivity index (χ2n) is 7.11. The fraction of sp³-hybridized carbons (Fsp3) is 0.227. The minimum atomic E-state index is -0.650. The van der Waals surface area contributed by atoms with Gasteiger partial charge in [0.2, 0.25) is 0 Å². The van der Waals surface area contributed by atoms with Gasteiger partial charge < -0.3 is 20.8 Å². The van der Waals surface area contributed by atoms with Crippen molar-refractivity contribution in [3.8, 4) is 5.75 Å². The van der Waals surface area contributed by atoms with E-state index < -0.39 is 11.8 Å². The van der Waals surface area contributed by atoms with Gasteiger partial charge in [-0.3, -0.25) is 14.5 Å². The Kier molecular flexibility index (Phi) is 9.12. The number of rotatable bonds is 9. The van der Waals surface area contributed by atoms with Gasteiger partial charge in [0.25, 0.3) is 11.8 Å². The number of phenols is 1. The van der Waals surface area contributed by atoms with Crippen LogP contribution >= 0.6 is 46.1 Å². The van der Waals surface area contributed by atoms with Crippen LogP contribution in [0.4, 0.5) is 11.5 Å². The third kappa shape index (κ3) is 6.38. The quantitative estimate of drug-likeness (QED) is 0.278. The molecule has 0 bridgehead atoms. The lowest BCUT2D eigenvalue weighted by Crippen LogP contribution is -2.26. The zero-order valence-corrected chi connectivity index (χ0v) is 21.0. The smallest absolute Gasteiger partial charge is 0.267 e. The van der Waals surface area contributed by atoms with Crippen molar-refractivity contribution in [1.29, 1.82) is 0 Å². The molecule has 1 aromatic carbocycles. The first kappa shape index (κ1) is 26.2. The van der Waals surface area contributed by atoms with Gasteiger partial charge in [-0.2, -0.15) is 0 Å². The number of thiophene rings is 1. The first-order valence-corrected chi connectivity index (χ1v) is 12.1. The number of hydrogen-bond acceptors (Lipinski definition) is 7. The van der Waals surface area contributed by atoms with Crippen LogP contribution in [0.5, 0.6) is 5.75 Å². The molecule has 0 fully saturated rings. The van der Waals surface area contributed by atoms with Crippen LogP contribution in [-0.2, 0) is 6.54 Å². The normalized spacial score (nSPS) is 11.0. The maximum absolute atomic E-state index is 13.0. The second kappa shape index (κ2) is 11.8. The maximum atomic E-state index is 13.0. The minimum absolute atomic E-state index is 0.00909. The molecule has 180 valence electrons. The summed E-state index contributed by atoms with van der Waals surface area (Å²) < 4.78 is 0. The van der Waals surface area contributed by atoms with Crippen LogP contribution in [0.15, 0.2) is 35.8 Å². The van der Waals surface area contributed by atoms with Gasteiger partial charge in [0, 0.05) is 30.4 Å². The molecule has 2 heterocycles. The highest BCUT2D eigenvalue weighted by Gasteiger charge is 2.23. The van der Waals surface area contributed by atoms with E-state index in [1.165, 1.54) is 24.4 Å². The molecule has 0 saturated heterocycles. The first-order chi connectivity index (χ1) is 16.2. The van der Waals surface area contributed by atoms with Gasteiger partial charge >= 0.3 is 0 Å². The Bertz CT molecular complexity index is 1190. The van der Waals surface area contributed by atoms with Crippen molar-refractivity contribution in [1.82, 2.24) is 9.88 Å². The van der Waals surface area contributed by atoms with Crippen molar-refractivity contribution in [2.24, 2.45) is 0 Å². The highest BCUT2D eigenvalue weighted by atomic mass is 35.5. The van der Waals surface area contributed by atoms with E-state index in [-0.39, 0.29) is 44.3 Å². The average Bonchev–Trinajstić information content (AvgIpc) is 3.16.